The van der Waals surface area contributed by atoms with E-state index in [9.17, 15) is 19.5 Å². The highest BCUT2D eigenvalue weighted by Crippen LogP contribution is 2.32. The normalized spacial score (nSPS) is 18.4. The molecule has 2 unspecified atom stereocenters. The number of aliphatic carboxylic acids is 2. The molecule has 20 heavy (non-hydrogen) atoms. The van der Waals surface area contributed by atoms with Crippen molar-refractivity contribution in [3.8, 4) is 0 Å². The number of carbonyl (C=O) groups is 3. The lowest BCUT2D eigenvalue weighted by atomic mass is 10.1. The quantitative estimate of drug-likeness (QED) is 0.703. The van der Waals surface area contributed by atoms with Crippen LogP contribution in [0.25, 0.3) is 0 Å². The highest BCUT2D eigenvalue weighted by atomic mass is 16.4. The second-order valence-corrected chi connectivity index (χ2v) is 4.60. The van der Waals surface area contributed by atoms with Gasteiger partial charge in [-0.05, 0) is 11.6 Å². The van der Waals surface area contributed by atoms with Crippen LogP contribution in [0, 0.1) is 0 Å². The zero-order valence-electron chi connectivity index (χ0n) is 10.5. The fourth-order valence-electron chi connectivity index (χ4n) is 2.31. The van der Waals surface area contributed by atoms with Gasteiger partial charge in [0.25, 0.3) is 0 Å². The zero-order chi connectivity index (χ0) is 14.9. The first-order chi connectivity index (χ1) is 9.41. The van der Waals surface area contributed by atoms with E-state index in [1.54, 1.807) is 24.3 Å². The van der Waals surface area contributed by atoms with Crippen LogP contribution in [-0.4, -0.2) is 40.1 Å². The summed E-state index contributed by atoms with van der Waals surface area (Å²) in [5, 5.41) is 17.9. The molecule has 0 spiro atoms. The van der Waals surface area contributed by atoms with Crippen molar-refractivity contribution >= 4 is 23.5 Å². The van der Waals surface area contributed by atoms with E-state index in [1.165, 1.54) is 0 Å². The van der Waals surface area contributed by atoms with Crippen LogP contribution >= 0.6 is 0 Å². The number of fused-ring (bicyclic) bond motifs is 1. The van der Waals surface area contributed by atoms with Crippen molar-refractivity contribution in [3.05, 3.63) is 29.8 Å². The molecule has 0 bridgehead atoms. The molecule has 1 aromatic carbocycles. The van der Waals surface area contributed by atoms with Crippen molar-refractivity contribution in [2.24, 2.45) is 5.73 Å². The summed E-state index contributed by atoms with van der Waals surface area (Å²) >= 11 is 0. The summed E-state index contributed by atoms with van der Waals surface area (Å²) in [6, 6.07) is 4.50. The third-order valence-electron chi connectivity index (χ3n) is 3.21. The minimum atomic E-state index is -1.26. The lowest BCUT2D eigenvalue weighted by molar-refractivity contribution is -0.140. The van der Waals surface area contributed by atoms with Crippen LogP contribution in [0.3, 0.4) is 0 Å². The average Bonchev–Trinajstić information content (AvgIpc) is 2.76. The zero-order valence-corrected chi connectivity index (χ0v) is 10.5. The maximum atomic E-state index is 12.2. The van der Waals surface area contributed by atoms with Crippen molar-refractivity contribution in [1.29, 1.82) is 0 Å². The first-order valence-electron chi connectivity index (χ1n) is 6.03. The summed E-state index contributed by atoms with van der Waals surface area (Å²) in [6.45, 7) is 0. The molecule has 7 nitrogen and oxygen atoms in total. The third-order valence-corrected chi connectivity index (χ3v) is 3.21. The Hall–Kier alpha value is -2.41. The second kappa shape index (κ2) is 5.30. The molecule has 1 amide bonds. The maximum Gasteiger partial charge on any atom is 0.327 e. The van der Waals surface area contributed by atoms with Gasteiger partial charge in [-0.15, -0.1) is 0 Å². The van der Waals surface area contributed by atoms with Crippen LogP contribution in [0.1, 0.15) is 12.0 Å². The molecule has 0 saturated heterocycles. The topological polar surface area (TPSA) is 121 Å². The van der Waals surface area contributed by atoms with Crippen molar-refractivity contribution in [3.63, 3.8) is 0 Å². The Bertz CT molecular complexity index is 572. The number of rotatable bonds is 4. The van der Waals surface area contributed by atoms with E-state index in [2.05, 4.69) is 0 Å². The third kappa shape index (κ3) is 2.48. The van der Waals surface area contributed by atoms with Crippen LogP contribution in [0.2, 0.25) is 0 Å². The molecular formula is C13H14N2O5. The Kier molecular flexibility index (Phi) is 3.71. The van der Waals surface area contributed by atoms with Crippen molar-refractivity contribution in [1.82, 2.24) is 0 Å². The Morgan fingerprint density at radius 3 is 2.55 bits per heavy atom. The fourth-order valence-corrected chi connectivity index (χ4v) is 2.31. The first kappa shape index (κ1) is 14.0. The van der Waals surface area contributed by atoms with E-state index in [4.69, 9.17) is 10.8 Å². The van der Waals surface area contributed by atoms with Gasteiger partial charge in [0.15, 0.2) is 0 Å². The van der Waals surface area contributed by atoms with Crippen molar-refractivity contribution in [2.45, 2.75) is 24.9 Å². The van der Waals surface area contributed by atoms with Crippen LogP contribution in [0.15, 0.2) is 24.3 Å². The molecular weight excluding hydrogens is 264 g/mol. The van der Waals surface area contributed by atoms with E-state index in [-0.39, 0.29) is 6.42 Å². The van der Waals surface area contributed by atoms with Gasteiger partial charge in [-0.1, -0.05) is 18.2 Å². The number of nitrogens with two attached hydrogens (primary N) is 1. The number of amides is 1. The molecule has 0 saturated carbocycles. The van der Waals surface area contributed by atoms with Gasteiger partial charge in [0.05, 0.1) is 12.5 Å². The molecule has 2 rings (SSSR count). The van der Waals surface area contributed by atoms with Gasteiger partial charge in [0, 0.05) is 12.1 Å². The van der Waals surface area contributed by atoms with Gasteiger partial charge >= 0.3 is 11.9 Å². The number of para-hydroxylation sites is 1. The largest absolute Gasteiger partial charge is 0.481 e. The molecule has 1 aromatic rings. The predicted molar refractivity (Wildman–Crippen MR) is 69.3 cm³/mol. The molecule has 0 fully saturated rings. The van der Waals surface area contributed by atoms with E-state index in [0.717, 1.165) is 10.5 Å². The Balaban J connectivity index is 2.33. The minimum Gasteiger partial charge on any atom is -0.481 e. The molecule has 2 atom stereocenters. The van der Waals surface area contributed by atoms with Gasteiger partial charge in [-0.3, -0.25) is 14.5 Å². The first-order valence-corrected chi connectivity index (χ1v) is 6.03. The number of carbonyl (C=O) groups excluding carboxylic acids is 1. The SMILES string of the molecule is NC(CC(=O)O)C(=O)N1c2ccccc2CC1C(=O)O. The van der Waals surface area contributed by atoms with Gasteiger partial charge in [0.2, 0.25) is 5.91 Å². The molecule has 0 aromatic heterocycles. The van der Waals surface area contributed by atoms with Gasteiger partial charge in [-0.25, -0.2) is 4.79 Å². The smallest absolute Gasteiger partial charge is 0.327 e. The van der Waals surface area contributed by atoms with Gasteiger partial charge in [-0.2, -0.15) is 0 Å². The monoisotopic (exact) mass is 278 g/mol. The minimum absolute atomic E-state index is 0.192. The summed E-state index contributed by atoms with van der Waals surface area (Å²) in [4.78, 5) is 35.2. The summed E-state index contributed by atoms with van der Waals surface area (Å²) < 4.78 is 0. The average molecular weight is 278 g/mol. The summed E-state index contributed by atoms with van der Waals surface area (Å²) in [6.07, 6.45) is -0.346. The number of nitrogens with zero attached hydrogens (tertiary/aromatic N) is 1. The molecule has 1 aliphatic heterocycles. The molecule has 7 heteroatoms. The Labute approximate surface area is 114 Å². The molecule has 1 aliphatic rings. The Morgan fingerprint density at radius 1 is 1.30 bits per heavy atom. The van der Waals surface area contributed by atoms with E-state index < -0.39 is 36.4 Å². The molecule has 0 radical (unpaired) electrons. The van der Waals surface area contributed by atoms with Gasteiger partial charge < -0.3 is 15.9 Å². The number of hydrogen-bond donors (Lipinski definition) is 3. The maximum absolute atomic E-state index is 12.2. The van der Waals surface area contributed by atoms with Crippen LogP contribution in [0.5, 0.6) is 0 Å². The van der Waals surface area contributed by atoms with Crippen LogP contribution in [-0.2, 0) is 20.8 Å². The van der Waals surface area contributed by atoms with Crippen molar-refractivity contribution < 1.29 is 24.6 Å². The lowest BCUT2D eigenvalue weighted by Crippen LogP contribution is -2.50. The highest BCUT2D eigenvalue weighted by Gasteiger charge is 2.40. The summed E-state index contributed by atoms with van der Waals surface area (Å²) in [5.41, 5.74) is 6.76. The number of anilines is 1. The fraction of sp³-hybridized carbons (Fsp3) is 0.308. The van der Waals surface area contributed by atoms with Gasteiger partial charge in [0.1, 0.15) is 6.04 Å². The molecule has 4 N–H and O–H groups in total. The van der Waals surface area contributed by atoms with Crippen molar-refractivity contribution in [2.75, 3.05) is 4.90 Å². The predicted octanol–water partition coefficient (Wildman–Crippen LogP) is -0.169. The molecule has 0 aliphatic carbocycles. The standard InChI is InChI=1S/C13H14N2O5/c14-8(6-11(16)17)12(18)15-9-4-2-1-3-7(9)5-10(15)13(19)20/h1-4,8,10H,5-6,14H2,(H,16,17)(H,19,20). The van der Waals surface area contributed by atoms with Crippen LogP contribution in [0.4, 0.5) is 5.69 Å². The van der Waals surface area contributed by atoms with E-state index in [0.29, 0.717) is 5.69 Å². The number of benzene rings is 1. The molecule has 106 valence electrons. The lowest BCUT2D eigenvalue weighted by Gasteiger charge is -2.25. The van der Waals surface area contributed by atoms with E-state index >= 15 is 0 Å². The number of carboxylic acid groups (broad SMARTS) is 2. The second-order valence-electron chi connectivity index (χ2n) is 4.60. The van der Waals surface area contributed by atoms with E-state index in [1.807, 2.05) is 0 Å². The number of carboxylic acids is 2. The Morgan fingerprint density at radius 2 is 1.95 bits per heavy atom. The highest BCUT2D eigenvalue weighted by molar-refractivity contribution is 6.05. The van der Waals surface area contributed by atoms with Crippen LogP contribution < -0.4 is 10.6 Å². The summed E-state index contributed by atoms with van der Waals surface area (Å²) in [5.74, 6) is -3.04. The molecule has 1 heterocycles. The summed E-state index contributed by atoms with van der Waals surface area (Å²) in [7, 11) is 0. The number of hydrogen-bond acceptors (Lipinski definition) is 4.